The lowest BCUT2D eigenvalue weighted by Gasteiger charge is -2.29. The maximum Gasteiger partial charge on any atom is 0.227 e. The molecule has 4 heteroatoms. The number of rotatable bonds is 2. The van der Waals surface area contributed by atoms with E-state index in [1.165, 1.54) is 5.56 Å². The molecule has 0 atom stereocenters. The lowest BCUT2D eigenvalue weighted by Crippen LogP contribution is -2.34. The van der Waals surface area contributed by atoms with Crippen LogP contribution in [0.5, 0.6) is 0 Å². The summed E-state index contributed by atoms with van der Waals surface area (Å²) in [6.45, 7) is 0.451. The number of nitrogens with zero attached hydrogens (tertiary/aromatic N) is 1. The van der Waals surface area contributed by atoms with E-state index in [0.29, 0.717) is 13.0 Å². The van der Waals surface area contributed by atoms with Crippen LogP contribution in [0.15, 0.2) is 36.4 Å². The third-order valence-electron chi connectivity index (χ3n) is 3.46. The highest BCUT2D eigenvalue weighted by Gasteiger charge is 2.24. The number of benzene rings is 1. The molecule has 0 unspecified atom stereocenters. The average molecular weight is 297 g/mol. The van der Waals surface area contributed by atoms with Crippen molar-refractivity contribution in [2.75, 3.05) is 11.5 Å². The van der Waals surface area contributed by atoms with Crippen molar-refractivity contribution >= 4 is 22.9 Å². The molecule has 0 spiro atoms. The monoisotopic (exact) mass is 297 g/mol. The number of carbonyl (C=O) groups is 1. The van der Waals surface area contributed by atoms with Crippen LogP contribution >= 0.6 is 11.3 Å². The van der Waals surface area contributed by atoms with Gasteiger partial charge in [-0.2, -0.15) is 0 Å². The van der Waals surface area contributed by atoms with Crippen molar-refractivity contribution in [1.29, 1.82) is 0 Å². The molecule has 0 fully saturated rings. The molecular formula is C17H15NO2S. The summed E-state index contributed by atoms with van der Waals surface area (Å²) in [4.78, 5) is 16.1. The summed E-state index contributed by atoms with van der Waals surface area (Å²) in [6, 6.07) is 12.0. The lowest BCUT2D eigenvalue weighted by atomic mass is 10.0. The summed E-state index contributed by atoms with van der Waals surface area (Å²) in [5, 5.41) is 8.72. The van der Waals surface area contributed by atoms with Gasteiger partial charge in [-0.15, -0.1) is 11.3 Å². The van der Waals surface area contributed by atoms with Gasteiger partial charge in [-0.1, -0.05) is 30.0 Å². The third kappa shape index (κ3) is 2.99. The molecule has 1 aliphatic rings. The van der Waals surface area contributed by atoms with Crippen LogP contribution in [-0.4, -0.2) is 17.6 Å². The smallest absolute Gasteiger partial charge is 0.227 e. The van der Waals surface area contributed by atoms with E-state index in [2.05, 4.69) is 17.9 Å². The molecule has 0 radical (unpaired) electrons. The first-order valence-electron chi connectivity index (χ1n) is 6.84. The number of anilines is 1. The Morgan fingerprint density at radius 1 is 1.19 bits per heavy atom. The van der Waals surface area contributed by atoms with Gasteiger partial charge in [-0.25, -0.2) is 0 Å². The summed E-state index contributed by atoms with van der Waals surface area (Å²) in [6.07, 6.45) is 1.39. The van der Waals surface area contributed by atoms with E-state index in [1.54, 1.807) is 11.3 Å². The molecule has 1 aromatic carbocycles. The normalized spacial score (nSPS) is 13.6. The predicted octanol–water partition coefficient (Wildman–Crippen LogP) is 2.57. The number of carbonyl (C=O) groups excluding carboxylic acids is 1. The molecule has 1 aromatic heterocycles. The number of thiophene rings is 1. The first-order valence-corrected chi connectivity index (χ1v) is 7.66. The van der Waals surface area contributed by atoms with Gasteiger partial charge in [0, 0.05) is 17.0 Å². The minimum atomic E-state index is -0.134. The Labute approximate surface area is 127 Å². The number of amides is 1. The van der Waals surface area contributed by atoms with E-state index in [9.17, 15) is 4.79 Å². The van der Waals surface area contributed by atoms with E-state index in [1.807, 2.05) is 35.2 Å². The van der Waals surface area contributed by atoms with Crippen molar-refractivity contribution in [3.05, 3.63) is 51.7 Å². The van der Waals surface area contributed by atoms with E-state index < -0.39 is 0 Å². The van der Waals surface area contributed by atoms with Crippen LogP contribution in [0.3, 0.4) is 0 Å². The minimum Gasteiger partial charge on any atom is -0.384 e. The van der Waals surface area contributed by atoms with Crippen molar-refractivity contribution in [1.82, 2.24) is 0 Å². The van der Waals surface area contributed by atoms with Crippen molar-refractivity contribution in [2.24, 2.45) is 0 Å². The van der Waals surface area contributed by atoms with Crippen LogP contribution < -0.4 is 4.90 Å². The second-order valence-electron chi connectivity index (χ2n) is 4.83. The molecule has 2 aromatic rings. The second-order valence-corrected chi connectivity index (χ2v) is 6.00. The van der Waals surface area contributed by atoms with Crippen LogP contribution in [0, 0.1) is 11.8 Å². The van der Waals surface area contributed by atoms with Crippen LogP contribution in [0.4, 0.5) is 5.69 Å². The third-order valence-corrected chi connectivity index (χ3v) is 4.44. The number of aliphatic hydroxyl groups excluding tert-OH is 1. The van der Waals surface area contributed by atoms with Crippen molar-refractivity contribution in [2.45, 2.75) is 19.4 Å². The van der Waals surface area contributed by atoms with Crippen LogP contribution in [0.25, 0.3) is 0 Å². The maximum atomic E-state index is 12.2. The van der Waals surface area contributed by atoms with Gasteiger partial charge in [0.2, 0.25) is 5.91 Å². The van der Waals surface area contributed by atoms with Crippen molar-refractivity contribution < 1.29 is 9.90 Å². The number of aliphatic hydroxyl groups is 1. The summed E-state index contributed by atoms with van der Waals surface area (Å²) in [7, 11) is 0. The fraction of sp³-hybridized carbons (Fsp3) is 0.235. The number of hydrogen-bond acceptors (Lipinski definition) is 3. The minimum absolute atomic E-state index is 0.134. The number of aryl methyl sites for hydroxylation is 1. The average Bonchev–Trinajstić information content (AvgIpc) is 2.96. The molecule has 106 valence electrons. The molecule has 0 saturated carbocycles. The Morgan fingerprint density at radius 2 is 2.05 bits per heavy atom. The molecule has 1 N–H and O–H groups in total. The van der Waals surface area contributed by atoms with Gasteiger partial charge in [0.1, 0.15) is 6.61 Å². The number of para-hydroxylation sites is 1. The van der Waals surface area contributed by atoms with Gasteiger partial charge in [-0.05, 0) is 30.2 Å². The Hall–Kier alpha value is -2.09. The predicted molar refractivity (Wildman–Crippen MR) is 84.2 cm³/mol. The molecule has 21 heavy (non-hydrogen) atoms. The summed E-state index contributed by atoms with van der Waals surface area (Å²) < 4.78 is 0. The zero-order valence-electron chi connectivity index (χ0n) is 11.5. The van der Waals surface area contributed by atoms with Gasteiger partial charge >= 0.3 is 0 Å². The van der Waals surface area contributed by atoms with Gasteiger partial charge in [0.15, 0.2) is 0 Å². The van der Waals surface area contributed by atoms with Gasteiger partial charge < -0.3 is 10.0 Å². The Morgan fingerprint density at radius 3 is 2.90 bits per heavy atom. The molecule has 2 heterocycles. The molecule has 3 nitrogen and oxygen atoms in total. The Kier molecular flexibility index (Phi) is 4.05. The fourth-order valence-corrected chi connectivity index (χ4v) is 3.35. The highest BCUT2D eigenvalue weighted by atomic mass is 32.1. The zero-order valence-corrected chi connectivity index (χ0v) is 12.3. The quantitative estimate of drug-likeness (QED) is 0.866. The standard InChI is InChI=1S/C17H15NO2S/c19-11-3-5-14-8-9-15(21-14)12-18-16-6-2-1-4-13(16)7-10-17(18)20/h1-2,4,6,8-9,19H,7,10-12H2. The molecule has 0 aliphatic carbocycles. The molecule has 3 rings (SSSR count). The first-order chi connectivity index (χ1) is 10.3. The highest BCUT2D eigenvalue weighted by molar-refractivity contribution is 7.12. The molecule has 1 amide bonds. The van der Waals surface area contributed by atoms with Crippen molar-refractivity contribution in [3.8, 4) is 11.8 Å². The summed E-state index contributed by atoms with van der Waals surface area (Å²) in [5.41, 5.74) is 2.25. The lowest BCUT2D eigenvalue weighted by molar-refractivity contribution is -0.119. The van der Waals surface area contributed by atoms with E-state index in [0.717, 1.165) is 21.9 Å². The van der Waals surface area contributed by atoms with Gasteiger partial charge in [0.05, 0.1) is 11.4 Å². The molecule has 1 aliphatic heterocycles. The molecular weight excluding hydrogens is 282 g/mol. The Bertz CT molecular complexity index is 724. The summed E-state index contributed by atoms with van der Waals surface area (Å²) >= 11 is 1.56. The second kappa shape index (κ2) is 6.13. The van der Waals surface area contributed by atoms with Crippen LogP contribution in [0.1, 0.15) is 21.7 Å². The zero-order chi connectivity index (χ0) is 14.7. The topological polar surface area (TPSA) is 40.5 Å². The highest BCUT2D eigenvalue weighted by Crippen LogP contribution is 2.30. The van der Waals surface area contributed by atoms with E-state index >= 15 is 0 Å². The number of fused-ring (bicyclic) bond motifs is 1. The summed E-state index contributed by atoms with van der Waals surface area (Å²) in [5.74, 6) is 5.71. The largest absolute Gasteiger partial charge is 0.384 e. The molecule has 0 bridgehead atoms. The van der Waals surface area contributed by atoms with E-state index in [-0.39, 0.29) is 12.5 Å². The number of hydrogen-bond donors (Lipinski definition) is 1. The van der Waals surface area contributed by atoms with Gasteiger partial charge in [-0.3, -0.25) is 4.79 Å². The van der Waals surface area contributed by atoms with Gasteiger partial charge in [0.25, 0.3) is 0 Å². The fourth-order valence-electron chi connectivity index (χ4n) is 2.48. The maximum absolute atomic E-state index is 12.2. The Balaban J connectivity index is 1.84. The van der Waals surface area contributed by atoms with E-state index in [4.69, 9.17) is 5.11 Å². The first kappa shape index (κ1) is 13.9. The van der Waals surface area contributed by atoms with Crippen LogP contribution in [0.2, 0.25) is 0 Å². The SMILES string of the molecule is O=C1CCc2ccccc2N1Cc1ccc(C#CCO)s1. The molecule has 0 saturated heterocycles. The van der Waals surface area contributed by atoms with Crippen LogP contribution in [-0.2, 0) is 17.8 Å². The van der Waals surface area contributed by atoms with Crippen molar-refractivity contribution in [3.63, 3.8) is 0 Å².